The summed E-state index contributed by atoms with van der Waals surface area (Å²) in [6, 6.07) is -0.0645. The predicted molar refractivity (Wildman–Crippen MR) is 77.9 cm³/mol. The van der Waals surface area contributed by atoms with Crippen LogP contribution in [0.2, 0.25) is 0 Å². The number of carbonyl (C=O) groups excluding carboxylic acids is 1. The molecule has 0 aromatic carbocycles. The molecule has 0 radical (unpaired) electrons. The molecule has 3 unspecified atom stereocenters. The molecular weight excluding hydrogens is 248 g/mol. The fourth-order valence-electron chi connectivity index (χ4n) is 2.10. The van der Waals surface area contributed by atoms with Gasteiger partial charge >= 0.3 is 0 Å². The van der Waals surface area contributed by atoms with E-state index in [0.717, 1.165) is 19.3 Å². The molecule has 0 aliphatic carbocycles. The smallest absolute Gasteiger partial charge is 0.235 e. The largest absolute Gasteiger partial charge is 0.342 e. The Kier molecular flexibility index (Phi) is 9.28. The Morgan fingerprint density at radius 1 is 1.22 bits per heavy atom. The van der Waals surface area contributed by atoms with Crippen molar-refractivity contribution in [2.75, 3.05) is 18.8 Å². The molecule has 2 N–H and O–H groups in total. The molecule has 0 rings (SSSR count). The first kappa shape index (κ1) is 17.6. The highest BCUT2D eigenvalue weighted by molar-refractivity contribution is 7.86. The lowest BCUT2D eigenvalue weighted by molar-refractivity contribution is -0.128. The van der Waals surface area contributed by atoms with Gasteiger partial charge in [-0.2, -0.15) is 0 Å². The van der Waals surface area contributed by atoms with Gasteiger partial charge < -0.3 is 10.6 Å². The maximum absolute atomic E-state index is 12.2. The van der Waals surface area contributed by atoms with Crippen molar-refractivity contribution in [3.63, 3.8) is 0 Å². The second-order valence-corrected chi connectivity index (χ2v) is 6.15. The predicted octanol–water partition coefficient (Wildman–Crippen LogP) is 1.51. The summed E-state index contributed by atoms with van der Waals surface area (Å²) in [7, 11) is -1.16. The van der Waals surface area contributed by atoms with Gasteiger partial charge in [-0.15, -0.1) is 0 Å². The van der Waals surface area contributed by atoms with Gasteiger partial charge in [0.25, 0.3) is 0 Å². The molecule has 0 saturated heterocycles. The quantitative estimate of drug-likeness (QED) is 0.694. The second kappa shape index (κ2) is 9.50. The Bertz CT molecular complexity index is 268. The first-order valence-corrected chi connectivity index (χ1v) is 8.30. The van der Waals surface area contributed by atoms with Crippen LogP contribution < -0.4 is 5.73 Å². The average molecular weight is 276 g/mol. The minimum Gasteiger partial charge on any atom is -0.342 e. The van der Waals surface area contributed by atoms with Crippen LogP contribution in [0.15, 0.2) is 0 Å². The molecule has 0 bridgehead atoms. The monoisotopic (exact) mass is 276 g/mol. The van der Waals surface area contributed by atoms with Crippen molar-refractivity contribution in [1.82, 2.24) is 4.90 Å². The molecule has 0 aromatic rings. The van der Waals surface area contributed by atoms with Crippen LogP contribution in [0, 0.1) is 0 Å². The zero-order chi connectivity index (χ0) is 14.1. The highest BCUT2D eigenvalue weighted by atomic mass is 32.2. The van der Waals surface area contributed by atoms with Gasteiger partial charge in [0.15, 0.2) is 0 Å². The summed E-state index contributed by atoms with van der Waals surface area (Å²) in [5, 5.41) is -0.0653. The zero-order valence-corrected chi connectivity index (χ0v) is 13.0. The van der Waals surface area contributed by atoms with Gasteiger partial charge in [0.2, 0.25) is 5.91 Å². The van der Waals surface area contributed by atoms with E-state index >= 15 is 0 Å². The zero-order valence-electron chi connectivity index (χ0n) is 12.1. The van der Waals surface area contributed by atoms with E-state index in [-0.39, 0.29) is 23.0 Å². The highest BCUT2D eigenvalue weighted by Crippen LogP contribution is 2.11. The average Bonchev–Trinajstić information content (AvgIpc) is 2.31. The van der Waals surface area contributed by atoms with Gasteiger partial charge in [-0.1, -0.05) is 20.3 Å². The van der Waals surface area contributed by atoms with Crippen LogP contribution in [0.25, 0.3) is 0 Å². The molecule has 5 heteroatoms. The van der Waals surface area contributed by atoms with Crippen LogP contribution in [0.1, 0.15) is 47.0 Å². The maximum Gasteiger partial charge on any atom is 0.235 e. The Hall–Kier alpha value is -0.420. The van der Waals surface area contributed by atoms with Crippen LogP contribution in [0.5, 0.6) is 0 Å². The normalized spacial score (nSPS) is 16.1. The highest BCUT2D eigenvalue weighted by Gasteiger charge is 2.24. The van der Waals surface area contributed by atoms with Gasteiger partial charge in [-0.3, -0.25) is 9.00 Å². The fraction of sp³-hybridized carbons (Fsp3) is 0.923. The van der Waals surface area contributed by atoms with Crippen molar-refractivity contribution >= 4 is 16.7 Å². The third-order valence-electron chi connectivity index (χ3n) is 3.22. The van der Waals surface area contributed by atoms with E-state index in [1.165, 1.54) is 0 Å². The van der Waals surface area contributed by atoms with E-state index in [9.17, 15) is 9.00 Å². The molecule has 18 heavy (non-hydrogen) atoms. The van der Waals surface area contributed by atoms with Gasteiger partial charge in [-0.05, 0) is 26.7 Å². The fourth-order valence-corrected chi connectivity index (χ4v) is 3.64. The summed E-state index contributed by atoms with van der Waals surface area (Å²) in [5.41, 5.74) is 6.04. The number of nitrogens with two attached hydrogens (primary N) is 1. The first-order valence-electron chi connectivity index (χ1n) is 6.92. The molecule has 108 valence electrons. The summed E-state index contributed by atoms with van der Waals surface area (Å²) in [6.07, 6.45) is 2.61. The summed E-state index contributed by atoms with van der Waals surface area (Å²) < 4.78 is 12.2. The number of hydrogen-bond acceptors (Lipinski definition) is 3. The molecule has 0 fully saturated rings. The second-order valence-electron chi connectivity index (χ2n) is 4.49. The third-order valence-corrected chi connectivity index (χ3v) is 5.11. The molecule has 3 atom stereocenters. The van der Waals surface area contributed by atoms with E-state index in [4.69, 9.17) is 5.73 Å². The standard InChI is InChI=1S/C13H28N2O2S/c1-5-9-11(14)12(6-2)18(17)10-13(16)15(7-3)8-4/h11-12H,5-10,14H2,1-4H3. The van der Waals surface area contributed by atoms with E-state index in [1.54, 1.807) is 4.90 Å². The minimum absolute atomic E-state index is 0.0273. The lowest BCUT2D eigenvalue weighted by Gasteiger charge is -2.23. The Labute approximate surface area is 114 Å². The van der Waals surface area contributed by atoms with Crippen molar-refractivity contribution in [3.05, 3.63) is 0 Å². The van der Waals surface area contributed by atoms with Crippen molar-refractivity contribution in [3.8, 4) is 0 Å². The van der Waals surface area contributed by atoms with Crippen LogP contribution in [-0.4, -0.2) is 45.2 Å². The summed E-state index contributed by atoms with van der Waals surface area (Å²) in [4.78, 5) is 13.6. The summed E-state index contributed by atoms with van der Waals surface area (Å²) >= 11 is 0. The number of carbonyl (C=O) groups is 1. The molecule has 4 nitrogen and oxygen atoms in total. The molecule has 0 saturated carbocycles. The first-order chi connectivity index (χ1) is 8.51. The van der Waals surface area contributed by atoms with Crippen molar-refractivity contribution in [2.45, 2.75) is 58.2 Å². The lowest BCUT2D eigenvalue weighted by Crippen LogP contribution is -2.42. The summed E-state index contributed by atoms with van der Waals surface area (Å²) in [5.74, 6) is 0.0814. The number of nitrogens with zero attached hydrogens (tertiary/aromatic N) is 1. The SMILES string of the molecule is CCCC(N)C(CC)S(=O)CC(=O)N(CC)CC. The van der Waals surface area contributed by atoms with Crippen LogP contribution >= 0.6 is 0 Å². The van der Waals surface area contributed by atoms with Crippen molar-refractivity contribution < 1.29 is 9.00 Å². The lowest BCUT2D eigenvalue weighted by atomic mass is 10.1. The molecule has 0 spiro atoms. The maximum atomic E-state index is 12.2. The van der Waals surface area contributed by atoms with Gasteiger partial charge in [0, 0.05) is 29.9 Å². The van der Waals surface area contributed by atoms with Crippen LogP contribution in [-0.2, 0) is 15.6 Å². The molecule has 0 aromatic heterocycles. The molecule has 0 aliphatic rings. The molecular formula is C13H28N2O2S. The Morgan fingerprint density at radius 2 is 1.78 bits per heavy atom. The van der Waals surface area contributed by atoms with E-state index in [0.29, 0.717) is 13.1 Å². The van der Waals surface area contributed by atoms with Crippen LogP contribution in [0.3, 0.4) is 0 Å². The van der Waals surface area contributed by atoms with Gasteiger partial charge in [0.1, 0.15) is 5.75 Å². The van der Waals surface area contributed by atoms with E-state index in [2.05, 4.69) is 6.92 Å². The Balaban J connectivity index is 4.48. The van der Waals surface area contributed by atoms with Crippen LogP contribution in [0.4, 0.5) is 0 Å². The topological polar surface area (TPSA) is 63.4 Å². The van der Waals surface area contributed by atoms with Crippen molar-refractivity contribution in [2.24, 2.45) is 5.73 Å². The third kappa shape index (κ3) is 5.48. The van der Waals surface area contributed by atoms with Crippen molar-refractivity contribution in [1.29, 1.82) is 0 Å². The summed E-state index contributed by atoms with van der Waals surface area (Å²) in [6.45, 7) is 9.26. The Morgan fingerprint density at radius 3 is 2.17 bits per heavy atom. The number of amides is 1. The molecule has 0 aliphatic heterocycles. The van der Waals surface area contributed by atoms with Gasteiger partial charge in [0.05, 0.1) is 5.25 Å². The molecule has 0 heterocycles. The minimum atomic E-state index is -1.16. The number of hydrogen-bond donors (Lipinski definition) is 1. The van der Waals surface area contributed by atoms with Gasteiger partial charge in [-0.25, -0.2) is 0 Å². The number of rotatable bonds is 9. The van der Waals surface area contributed by atoms with E-state index < -0.39 is 10.8 Å². The van der Waals surface area contributed by atoms with E-state index in [1.807, 2.05) is 20.8 Å². The molecule has 1 amide bonds.